The van der Waals surface area contributed by atoms with Gasteiger partial charge in [0.2, 0.25) is 5.95 Å². The first-order chi connectivity index (χ1) is 14.2. The summed E-state index contributed by atoms with van der Waals surface area (Å²) in [4.78, 5) is 28.4. The summed E-state index contributed by atoms with van der Waals surface area (Å²) < 4.78 is 7.52. The molecule has 1 atom stereocenters. The Bertz CT molecular complexity index is 824. The summed E-state index contributed by atoms with van der Waals surface area (Å²) in [6.07, 6.45) is 14.1. The predicted molar refractivity (Wildman–Crippen MR) is 112 cm³/mol. The minimum absolute atomic E-state index is 0.155. The van der Waals surface area contributed by atoms with Crippen LogP contribution in [0.2, 0.25) is 0 Å². The summed E-state index contributed by atoms with van der Waals surface area (Å²) in [7, 11) is 0. The van der Waals surface area contributed by atoms with Crippen LogP contribution < -0.4 is 4.90 Å². The Morgan fingerprint density at radius 1 is 1.24 bits per heavy atom. The number of anilines is 1. The standard InChI is InChI=1S/C22H31N5O2/c1-3-18(15-28)27(19-6-4-5-7-19)20-16(2)14-24-22(25-20)26-11-10-23-21(26)17-8-12-29-13-9-17/h10-11,14-15,17-19H,3-9,12-13H2,1-2H3/t18-/m1/s1. The highest BCUT2D eigenvalue weighted by Crippen LogP contribution is 2.32. The summed E-state index contributed by atoms with van der Waals surface area (Å²) in [6, 6.07) is 0.210. The third kappa shape index (κ3) is 4.06. The van der Waals surface area contributed by atoms with Crippen LogP contribution in [0.25, 0.3) is 5.95 Å². The van der Waals surface area contributed by atoms with Gasteiger partial charge in [0.1, 0.15) is 17.9 Å². The summed E-state index contributed by atoms with van der Waals surface area (Å²) >= 11 is 0. The average Bonchev–Trinajstić information content (AvgIpc) is 3.45. The maximum absolute atomic E-state index is 11.9. The number of aryl methyl sites for hydroxylation is 1. The molecule has 1 saturated carbocycles. The van der Waals surface area contributed by atoms with Gasteiger partial charge in [-0.1, -0.05) is 19.8 Å². The zero-order valence-electron chi connectivity index (χ0n) is 17.5. The Kier molecular flexibility index (Phi) is 6.23. The molecule has 0 N–H and O–H groups in total. The highest BCUT2D eigenvalue weighted by molar-refractivity contribution is 5.66. The maximum Gasteiger partial charge on any atom is 0.237 e. The molecule has 0 bridgehead atoms. The van der Waals surface area contributed by atoms with Crippen molar-refractivity contribution in [2.24, 2.45) is 0 Å². The minimum atomic E-state index is -0.155. The lowest BCUT2D eigenvalue weighted by Crippen LogP contribution is -2.44. The van der Waals surface area contributed by atoms with Crippen molar-refractivity contribution in [3.8, 4) is 5.95 Å². The Morgan fingerprint density at radius 2 is 2.00 bits per heavy atom. The number of hydrogen-bond acceptors (Lipinski definition) is 6. The monoisotopic (exact) mass is 397 g/mol. The van der Waals surface area contributed by atoms with Crippen molar-refractivity contribution in [3.63, 3.8) is 0 Å². The second kappa shape index (κ2) is 9.03. The van der Waals surface area contributed by atoms with Crippen LogP contribution in [0, 0.1) is 6.92 Å². The van der Waals surface area contributed by atoms with Gasteiger partial charge in [-0.05, 0) is 39.0 Å². The van der Waals surface area contributed by atoms with Crippen molar-refractivity contribution in [2.45, 2.75) is 76.8 Å². The zero-order valence-corrected chi connectivity index (χ0v) is 17.5. The van der Waals surface area contributed by atoms with Crippen molar-refractivity contribution < 1.29 is 9.53 Å². The summed E-state index contributed by atoms with van der Waals surface area (Å²) in [5.41, 5.74) is 1.01. The molecule has 7 heteroatoms. The molecule has 2 fully saturated rings. The molecule has 2 aromatic rings. The molecule has 29 heavy (non-hydrogen) atoms. The van der Waals surface area contributed by atoms with Crippen LogP contribution in [0.5, 0.6) is 0 Å². The van der Waals surface area contributed by atoms with Gasteiger partial charge in [-0.15, -0.1) is 0 Å². The molecule has 156 valence electrons. The van der Waals surface area contributed by atoms with E-state index in [4.69, 9.17) is 9.72 Å². The number of nitrogens with zero attached hydrogens (tertiary/aromatic N) is 5. The van der Waals surface area contributed by atoms with Gasteiger partial charge in [0.05, 0.1) is 6.04 Å². The molecule has 7 nitrogen and oxygen atoms in total. The highest BCUT2D eigenvalue weighted by atomic mass is 16.5. The Hall–Kier alpha value is -2.28. The fourth-order valence-electron chi connectivity index (χ4n) is 4.69. The molecule has 0 spiro atoms. The zero-order chi connectivity index (χ0) is 20.2. The van der Waals surface area contributed by atoms with Crippen LogP contribution in [0.15, 0.2) is 18.6 Å². The largest absolute Gasteiger partial charge is 0.381 e. The smallest absolute Gasteiger partial charge is 0.237 e. The number of aromatic nitrogens is 4. The van der Waals surface area contributed by atoms with E-state index in [2.05, 4.69) is 21.8 Å². The second-order valence-electron chi connectivity index (χ2n) is 8.18. The quantitative estimate of drug-likeness (QED) is 0.665. The normalized spacial score (nSPS) is 19.4. The fraction of sp³-hybridized carbons (Fsp3) is 0.636. The number of imidazole rings is 1. The van der Waals surface area contributed by atoms with Gasteiger partial charge in [0.25, 0.3) is 0 Å². The van der Waals surface area contributed by atoms with Crippen molar-refractivity contribution in [1.29, 1.82) is 0 Å². The average molecular weight is 398 g/mol. The molecule has 0 amide bonds. The number of ether oxygens (including phenoxy) is 1. The van der Waals surface area contributed by atoms with E-state index in [1.807, 2.05) is 30.1 Å². The van der Waals surface area contributed by atoms with Crippen LogP contribution in [0.3, 0.4) is 0 Å². The molecule has 2 aliphatic rings. The van der Waals surface area contributed by atoms with E-state index in [0.717, 1.165) is 68.8 Å². The van der Waals surface area contributed by atoms with Crippen molar-refractivity contribution in [2.75, 3.05) is 18.1 Å². The lowest BCUT2D eigenvalue weighted by molar-refractivity contribution is -0.109. The Morgan fingerprint density at radius 3 is 2.69 bits per heavy atom. The van der Waals surface area contributed by atoms with Gasteiger partial charge in [0, 0.05) is 49.3 Å². The highest BCUT2D eigenvalue weighted by Gasteiger charge is 2.31. The van der Waals surface area contributed by atoms with E-state index in [-0.39, 0.29) is 6.04 Å². The molecule has 0 unspecified atom stereocenters. The molecule has 1 saturated heterocycles. The SMILES string of the molecule is CC[C@H](C=O)N(c1nc(-n2ccnc2C2CCOCC2)ncc1C)C1CCCC1. The number of carbonyl (C=O) groups excluding carboxylic acids is 1. The maximum atomic E-state index is 11.9. The van der Waals surface area contributed by atoms with E-state index in [1.165, 1.54) is 12.8 Å². The van der Waals surface area contributed by atoms with E-state index >= 15 is 0 Å². The summed E-state index contributed by atoms with van der Waals surface area (Å²) in [5.74, 6) is 2.87. The van der Waals surface area contributed by atoms with Crippen LogP contribution in [-0.4, -0.2) is 51.1 Å². The van der Waals surface area contributed by atoms with Gasteiger partial charge in [-0.3, -0.25) is 4.57 Å². The van der Waals surface area contributed by atoms with Crippen molar-refractivity contribution >= 4 is 12.1 Å². The second-order valence-corrected chi connectivity index (χ2v) is 8.18. The van der Waals surface area contributed by atoms with Crippen LogP contribution in [0.4, 0.5) is 5.82 Å². The van der Waals surface area contributed by atoms with E-state index in [0.29, 0.717) is 17.9 Å². The third-order valence-corrected chi connectivity index (χ3v) is 6.30. The minimum Gasteiger partial charge on any atom is -0.381 e. The number of aldehydes is 1. The van der Waals surface area contributed by atoms with Crippen molar-refractivity contribution in [1.82, 2.24) is 19.5 Å². The molecule has 1 aliphatic heterocycles. The van der Waals surface area contributed by atoms with Gasteiger partial charge < -0.3 is 14.4 Å². The summed E-state index contributed by atoms with van der Waals surface area (Å²) in [5, 5.41) is 0. The fourth-order valence-corrected chi connectivity index (χ4v) is 4.69. The molecule has 0 radical (unpaired) electrons. The lowest BCUT2D eigenvalue weighted by atomic mass is 9.99. The van der Waals surface area contributed by atoms with E-state index in [1.54, 1.807) is 0 Å². The first kappa shape index (κ1) is 20.0. The molecule has 2 aromatic heterocycles. The molecule has 0 aromatic carbocycles. The van der Waals surface area contributed by atoms with Gasteiger partial charge >= 0.3 is 0 Å². The Labute approximate surface area is 172 Å². The number of carbonyl (C=O) groups is 1. The van der Waals surface area contributed by atoms with Crippen LogP contribution in [0.1, 0.15) is 69.2 Å². The number of hydrogen-bond donors (Lipinski definition) is 0. The first-order valence-electron chi connectivity index (χ1n) is 10.9. The van der Waals surface area contributed by atoms with E-state index < -0.39 is 0 Å². The van der Waals surface area contributed by atoms with Crippen LogP contribution >= 0.6 is 0 Å². The topological polar surface area (TPSA) is 73.1 Å². The molecular formula is C22H31N5O2. The van der Waals surface area contributed by atoms with Crippen LogP contribution in [-0.2, 0) is 9.53 Å². The van der Waals surface area contributed by atoms with E-state index in [9.17, 15) is 4.79 Å². The molecule has 4 rings (SSSR count). The molecule has 3 heterocycles. The van der Waals surface area contributed by atoms with Gasteiger partial charge in [-0.2, -0.15) is 4.98 Å². The number of rotatable bonds is 7. The molecule has 1 aliphatic carbocycles. The van der Waals surface area contributed by atoms with Gasteiger partial charge in [-0.25, -0.2) is 9.97 Å². The van der Waals surface area contributed by atoms with Gasteiger partial charge in [0.15, 0.2) is 0 Å². The molecular weight excluding hydrogens is 366 g/mol. The Balaban J connectivity index is 1.72. The first-order valence-corrected chi connectivity index (χ1v) is 10.9. The van der Waals surface area contributed by atoms with Crippen molar-refractivity contribution in [3.05, 3.63) is 30.0 Å². The lowest BCUT2D eigenvalue weighted by Gasteiger charge is -2.35. The third-order valence-electron chi connectivity index (χ3n) is 6.30. The summed E-state index contributed by atoms with van der Waals surface area (Å²) in [6.45, 7) is 5.64. The predicted octanol–water partition coefficient (Wildman–Crippen LogP) is 3.59.